The largest absolute Gasteiger partial charge is 0.497 e. The Morgan fingerprint density at radius 1 is 1.28 bits per heavy atom. The summed E-state index contributed by atoms with van der Waals surface area (Å²) in [5.41, 5.74) is 3.08. The van der Waals surface area contributed by atoms with Crippen molar-refractivity contribution in [1.82, 2.24) is 10.1 Å². The third-order valence-electron chi connectivity index (χ3n) is 5.18. The minimum Gasteiger partial charge on any atom is -0.497 e. The first-order chi connectivity index (χ1) is 14.0. The van der Waals surface area contributed by atoms with E-state index in [-0.39, 0.29) is 23.8 Å². The molecule has 0 fully saturated rings. The third-order valence-corrected chi connectivity index (χ3v) is 5.18. The molecule has 0 spiro atoms. The van der Waals surface area contributed by atoms with Crippen molar-refractivity contribution in [2.24, 2.45) is 0 Å². The van der Waals surface area contributed by atoms with Crippen LogP contribution in [-0.2, 0) is 6.42 Å². The van der Waals surface area contributed by atoms with Crippen molar-refractivity contribution < 1.29 is 14.1 Å². The van der Waals surface area contributed by atoms with Crippen molar-refractivity contribution in [3.8, 4) is 5.75 Å². The zero-order valence-electron chi connectivity index (χ0n) is 17.1. The average molecular weight is 392 g/mol. The van der Waals surface area contributed by atoms with E-state index >= 15 is 0 Å². The van der Waals surface area contributed by atoms with Crippen molar-refractivity contribution in [1.29, 1.82) is 0 Å². The lowest BCUT2D eigenvalue weighted by Gasteiger charge is -2.39. The van der Waals surface area contributed by atoms with E-state index in [1.165, 1.54) is 5.57 Å². The molecule has 152 valence electrons. The molecule has 3 rings (SSSR count). The zero-order chi connectivity index (χ0) is 20.8. The summed E-state index contributed by atoms with van der Waals surface area (Å²) in [7, 11) is 1.64. The Kier molecular flexibility index (Phi) is 6.70. The van der Waals surface area contributed by atoms with Gasteiger partial charge in [0.05, 0.1) is 18.8 Å². The van der Waals surface area contributed by atoms with Crippen LogP contribution in [0.1, 0.15) is 48.0 Å². The van der Waals surface area contributed by atoms with E-state index in [9.17, 15) is 4.79 Å². The molecule has 1 aromatic heterocycles. The monoisotopic (exact) mass is 392 g/mol. The Labute approximate surface area is 172 Å². The van der Waals surface area contributed by atoms with Crippen LogP contribution in [0.5, 0.6) is 5.75 Å². The first kappa shape index (κ1) is 20.6. The van der Waals surface area contributed by atoms with E-state index in [2.05, 4.69) is 31.3 Å². The topological polar surface area (TPSA) is 55.6 Å². The van der Waals surface area contributed by atoms with Crippen LogP contribution < -0.4 is 4.74 Å². The molecule has 29 heavy (non-hydrogen) atoms. The highest BCUT2D eigenvalue weighted by atomic mass is 16.5. The van der Waals surface area contributed by atoms with E-state index in [1.807, 2.05) is 41.3 Å². The summed E-state index contributed by atoms with van der Waals surface area (Å²) in [6.07, 6.45) is 8.71. The number of nitrogens with zero attached hydrogens (tertiary/aromatic N) is 2. The number of aromatic nitrogens is 1. The Morgan fingerprint density at radius 3 is 2.66 bits per heavy atom. The molecule has 2 aromatic rings. The van der Waals surface area contributed by atoms with Crippen LogP contribution in [0, 0.1) is 0 Å². The Hall–Kier alpha value is -3.08. The predicted octanol–water partition coefficient (Wildman–Crippen LogP) is 4.96. The van der Waals surface area contributed by atoms with Gasteiger partial charge in [0.15, 0.2) is 0 Å². The Morgan fingerprint density at radius 2 is 2.00 bits per heavy atom. The molecule has 2 heterocycles. The van der Waals surface area contributed by atoms with Gasteiger partial charge in [0.1, 0.15) is 5.75 Å². The van der Waals surface area contributed by atoms with Gasteiger partial charge in [0, 0.05) is 18.5 Å². The number of rotatable bonds is 8. The normalized spacial score (nSPS) is 18.8. The number of carbonyl (C=O) groups is 1. The molecular weight excluding hydrogens is 364 g/mol. The smallest absolute Gasteiger partial charge is 0.293 e. The number of benzene rings is 1. The summed E-state index contributed by atoms with van der Waals surface area (Å²) in [5.74, 6) is 0.935. The molecule has 0 radical (unpaired) electrons. The number of ether oxygens (including phenoxy) is 1. The highest BCUT2D eigenvalue weighted by Gasteiger charge is 2.34. The molecule has 0 aliphatic carbocycles. The fraction of sp³-hybridized carbons (Fsp3) is 0.333. The summed E-state index contributed by atoms with van der Waals surface area (Å²) in [6, 6.07) is 9.54. The van der Waals surface area contributed by atoms with Gasteiger partial charge in [0.25, 0.3) is 5.91 Å². The molecule has 1 aromatic carbocycles. The van der Waals surface area contributed by atoms with Gasteiger partial charge in [-0.25, -0.2) is 0 Å². The van der Waals surface area contributed by atoms with Crippen LogP contribution in [0.2, 0.25) is 0 Å². The van der Waals surface area contributed by atoms with Crippen molar-refractivity contribution in [2.75, 3.05) is 7.11 Å². The first-order valence-electron chi connectivity index (χ1n) is 9.86. The van der Waals surface area contributed by atoms with E-state index < -0.39 is 0 Å². The number of hydrogen-bond acceptors (Lipinski definition) is 4. The summed E-state index contributed by atoms with van der Waals surface area (Å²) >= 11 is 0. The fourth-order valence-corrected chi connectivity index (χ4v) is 3.85. The van der Waals surface area contributed by atoms with Crippen LogP contribution in [0.3, 0.4) is 0 Å². The minimum absolute atomic E-state index is 0.0335. The molecule has 0 unspecified atom stereocenters. The van der Waals surface area contributed by atoms with Crippen molar-refractivity contribution in [2.45, 2.75) is 44.7 Å². The van der Waals surface area contributed by atoms with Gasteiger partial charge in [-0.1, -0.05) is 41.1 Å². The van der Waals surface area contributed by atoms with Gasteiger partial charge in [0.2, 0.25) is 5.76 Å². The maximum absolute atomic E-state index is 13.3. The lowest BCUT2D eigenvalue weighted by Crippen LogP contribution is -2.48. The molecule has 5 heteroatoms. The van der Waals surface area contributed by atoms with E-state index in [4.69, 9.17) is 9.26 Å². The lowest BCUT2D eigenvalue weighted by molar-refractivity contribution is 0.0558. The van der Waals surface area contributed by atoms with E-state index in [1.54, 1.807) is 13.2 Å². The summed E-state index contributed by atoms with van der Waals surface area (Å²) in [5, 5.41) is 4.12. The van der Waals surface area contributed by atoms with Crippen LogP contribution >= 0.6 is 0 Å². The lowest BCUT2D eigenvalue weighted by atomic mass is 9.92. The number of methoxy groups -OCH3 is 1. The van der Waals surface area contributed by atoms with Crippen LogP contribution in [0.25, 0.3) is 0 Å². The second kappa shape index (κ2) is 9.41. The Balaban J connectivity index is 1.80. The minimum atomic E-state index is -0.138. The molecule has 1 amide bonds. The molecular formula is C24H28N2O3. The molecule has 1 aliphatic heterocycles. The first-order valence-corrected chi connectivity index (χ1v) is 9.86. The fourth-order valence-electron chi connectivity index (χ4n) is 3.85. The van der Waals surface area contributed by atoms with Crippen molar-refractivity contribution in [3.05, 3.63) is 84.3 Å². The van der Waals surface area contributed by atoms with Crippen LogP contribution in [0.4, 0.5) is 0 Å². The second-order valence-corrected chi connectivity index (χ2v) is 7.41. The predicted molar refractivity (Wildman–Crippen MR) is 114 cm³/mol. The molecule has 5 nitrogen and oxygen atoms in total. The zero-order valence-corrected chi connectivity index (χ0v) is 17.1. The quantitative estimate of drug-likeness (QED) is 0.596. The van der Waals surface area contributed by atoms with Gasteiger partial charge >= 0.3 is 0 Å². The number of hydrogen-bond donors (Lipinski definition) is 0. The van der Waals surface area contributed by atoms with Gasteiger partial charge in [-0.05, 0) is 43.9 Å². The number of amides is 1. The SMILES string of the molecule is C=CC[C@@H]1CC(C)=C[C@@H](CC=C)N1C(=O)c1cc(Cc2ccc(OC)cc2)no1. The molecule has 0 saturated heterocycles. The second-order valence-electron chi connectivity index (χ2n) is 7.41. The molecule has 0 bridgehead atoms. The van der Waals surface area contributed by atoms with Crippen LogP contribution in [-0.4, -0.2) is 35.2 Å². The summed E-state index contributed by atoms with van der Waals surface area (Å²) < 4.78 is 10.6. The standard InChI is InChI=1S/C24H28N2O3/c1-5-7-20-13-17(3)14-21(8-6-2)26(20)24(27)23-16-19(25-29-23)15-18-9-11-22(28-4)12-10-18/h5-6,9-13,16,20-21H,1-2,7-8,14-15H2,3-4H3/t20-,21-/m1/s1. The third kappa shape index (κ3) is 4.86. The number of carbonyl (C=O) groups excluding carboxylic acids is 1. The van der Waals surface area contributed by atoms with Gasteiger partial charge < -0.3 is 14.2 Å². The van der Waals surface area contributed by atoms with Gasteiger partial charge in [-0.15, -0.1) is 13.2 Å². The highest BCUT2D eigenvalue weighted by molar-refractivity contribution is 5.92. The summed E-state index contributed by atoms with van der Waals surface area (Å²) in [6.45, 7) is 9.81. The average Bonchev–Trinajstić information content (AvgIpc) is 3.17. The van der Waals surface area contributed by atoms with Gasteiger partial charge in [-0.2, -0.15) is 0 Å². The van der Waals surface area contributed by atoms with E-state index in [0.717, 1.165) is 29.8 Å². The Bertz CT molecular complexity index is 895. The molecule has 2 atom stereocenters. The van der Waals surface area contributed by atoms with E-state index in [0.29, 0.717) is 12.8 Å². The van der Waals surface area contributed by atoms with Crippen molar-refractivity contribution >= 4 is 5.91 Å². The molecule has 1 aliphatic rings. The highest BCUT2D eigenvalue weighted by Crippen LogP contribution is 2.29. The molecule has 0 N–H and O–H groups in total. The van der Waals surface area contributed by atoms with Gasteiger partial charge in [-0.3, -0.25) is 4.79 Å². The maximum atomic E-state index is 13.3. The van der Waals surface area contributed by atoms with Crippen molar-refractivity contribution in [3.63, 3.8) is 0 Å². The summed E-state index contributed by atoms with van der Waals surface area (Å²) in [4.78, 5) is 15.2. The van der Waals surface area contributed by atoms with Crippen LogP contribution in [0.15, 0.2) is 71.8 Å². The molecule has 0 saturated carbocycles. The maximum Gasteiger partial charge on any atom is 0.293 e.